The first kappa shape index (κ1) is 10.6. The highest BCUT2D eigenvalue weighted by Crippen LogP contribution is 2.22. The van der Waals surface area contributed by atoms with Gasteiger partial charge in [0.05, 0.1) is 10.7 Å². The molecule has 13 heavy (non-hydrogen) atoms. The molecular formula is C9H17N3S. The molecule has 1 unspecified atom stereocenters. The molecule has 74 valence electrons. The molecule has 1 N–H and O–H groups in total. The van der Waals surface area contributed by atoms with Crippen LogP contribution in [0.5, 0.6) is 0 Å². The average molecular weight is 199 g/mol. The summed E-state index contributed by atoms with van der Waals surface area (Å²) in [5.74, 6) is 0. The van der Waals surface area contributed by atoms with E-state index in [2.05, 4.69) is 23.4 Å². The summed E-state index contributed by atoms with van der Waals surface area (Å²) < 4.78 is 1.94. The van der Waals surface area contributed by atoms with Crippen molar-refractivity contribution >= 4 is 11.8 Å². The van der Waals surface area contributed by atoms with Gasteiger partial charge in [0.2, 0.25) is 0 Å². The molecule has 1 atom stereocenters. The maximum Gasteiger partial charge on any atom is 0.0942 e. The summed E-state index contributed by atoms with van der Waals surface area (Å²) in [6, 6.07) is 2.12. The lowest BCUT2D eigenvalue weighted by Crippen LogP contribution is -2.18. The van der Waals surface area contributed by atoms with Crippen molar-refractivity contribution in [3.63, 3.8) is 0 Å². The molecule has 0 radical (unpaired) electrons. The van der Waals surface area contributed by atoms with E-state index in [4.69, 9.17) is 0 Å². The van der Waals surface area contributed by atoms with Crippen molar-refractivity contribution in [2.75, 3.05) is 13.6 Å². The van der Waals surface area contributed by atoms with Gasteiger partial charge in [-0.15, -0.1) is 11.8 Å². The maximum atomic E-state index is 4.30. The van der Waals surface area contributed by atoms with E-state index in [1.807, 2.05) is 37.5 Å². The van der Waals surface area contributed by atoms with Gasteiger partial charge in [0.15, 0.2) is 0 Å². The number of aromatic nitrogens is 2. The molecule has 1 rings (SSSR count). The number of nitrogens with one attached hydrogen (secondary N) is 1. The van der Waals surface area contributed by atoms with Crippen molar-refractivity contribution in [3.8, 4) is 0 Å². The third-order valence-corrected chi connectivity index (χ3v) is 2.97. The molecule has 0 aliphatic carbocycles. The highest BCUT2D eigenvalue weighted by atomic mass is 32.2. The van der Waals surface area contributed by atoms with Gasteiger partial charge in [-0.2, -0.15) is 5.10 Å². The van der Waals surface area contributed by atoms with E-state index in [1.54, 1.807) is 0 Å². The Balaban J connectivity index is 2.57. The molecule has 3 nitrogen and oxygen atoms in total. The van der Waals surface area contributed by atoms with Gasteiger partial charge in [0.1, 0.15) is 0 Å². The maximum absolute atomic E-state index is 4.30. The number of nitrogens with zero attached hydrogens (tertiary/aromatic N) is 2. The van der Waals surface area contributed by atoms with Gasteiger partial charge in [-0.05, 0) is 20.0 Å². The summed E-state index contributed by atoms with van der Waals surface area (Å²) in [6.07, 6.45) is 0. The van der Waals surface area contributed by atoms with Crippen LogP contribution in [0, 0.1) is 6.92 Å². The SMILES string of the molecule is CNCC(C)Sc1cc(C)nn1C. The van der Waals surface area contributed by atoms with Crippen molar-refractivity contribution in [3.05, 3.63) is 11.8 Å². The van der Waals surface area contributed by atoms with E-state index >= 15 is 0 Å². The summed E-state index contributed by atoms with van der Waals surface area (Å²) in [5.41, 5.74) is 1.08. The van der Waals surface area contributed by atoms with E-state index in [1.165, 1.54) is 5.03 Å². The standard InChI is InChI=1S/C9H17N3S/c1-7-5-9(12(4)11-7)13-8(2)6-10-3/h5,8,10H,6H2,1-4H3. The zero-order valence-electron chi connectivity index (χ0n) is 8.66. The minimum absolute atomic E-state index is 0.583. The van der Waals surface area contributed by atoms with E-state index < -0.39 is 0 Å². The van der Waals surface area contributed by atoms with Crippen molar-refractivity contribution in [1.82, 2.24) is 15.1 Å². The summed E-state index contributed by atoms with van der Waals surface area (Å²) in [6.45, 7) is 5.26. The Morgan fingerprint density at radius 2 is 2.38 bits per heavy atom. The molecule has 0 amide bonds. The van der Waals surface area contributed by atoms with Crippen LogP contribution in [-0.4, -0.2) is 28.6 Å². The number of aryl methyl sites for hydroxylation is 2. The average Bonchev–Trinajstić information content (AvgIpc) is 2.30. The van der Waals surface area contributed by atoms with Crippen molar-refractivity contribution in [2.45, 2.75) is 24.1 Å². The first-order chi connectivity index (χ1) is 6.13. The Hall–Kier alpha value is -0.480. The normalized spacial score (nSPS) is 13.2. The van der Waals surface area contributed by atoms with Gasteiger partial charge in [0.25, 0.3) is 0 Å². The monoisotopic (exact) mass is 199 g/mol. The number of rotatable bonds is 4. The van der Waals surface area contributed by atoms with Crippen LogP contribution in [0.4, 0.5) is 0 Å². The Kier molecular flexibility index (Phi) is 3.81. The second-order valence-corrected chi connectivity index (χ2v) is 4.69. The summed E-state index contributed by atoms with van der Waals surface area (Å²) in [5, 5.41) is 9.28. The second-order valence-electron chi connectivity index (χ2n) is 3.23. The zero-order chi connectivity index (χ0) is 9.84. The minimum atomic E-state index is 0.583. The van der Waals surface area contributed by atoms with Crippen LogP contribution in [0.25, 0.3) is 0 Å². The molecule has 4 heteroatoms. The molecule has 1 heterocycles. The van der Waals surface area contributed by atoms with E-state index in [0.29, 0.717) is 5.25 Å². The lowest BCUT2D eigenvalue weighted by atomic mass is 10.5. The molecular weight excluding hydrogens is 182 g/mol. The molecule has 1 aromatic rings. The predicted octanol–water partition coefficient (Wildman–Crippen LogP) is 1.43. The van der Waals surface area contributed by atoms with E-state index in [9.17, 15) is 0 Å². The molecule has 1 aromatic heterocycles. The van der Waals surface area contributed by atoms with Crippen LogP contribution in [0.2, 0.25) is 0 Å². The third kappa shape index (κ3) is 3.04. The second kappa shape index (κ2) is 4.67. The predicted molar refractivity (Wildman–Crippen MR) is 57.2 cm³/mol. The Bertz CT molecular complexity index is 270. The molecule has 0 aliphatic heterocycles. The third-order valence-electron chi connectivity index (χ3n) is 1.77. The Morgan fingerprint density at radius 1 is 1.69 bits per heavy atom. The smallest absolute Gasteiger partial charge is 0.0942 e. The number of hydrogen-bond acceptors (Lipinski definition) is 3. The van der Waals surface area contributed by atoms with Crippen LogP contribution in [0.15, 0.2) is 11.1 Å². The lowest BCUT2D eigenvalue weighted by Gasteiger charge is -2.09. The van der Waals surface area contributed by atoms with E-state index in [-0.39, 0.29) is 0 Å². The minimum Gasteiger partial charge on any atom is -0.319 e. The lowest BCUT2D eigenvalue weighted by molar-refractivity contribution is 0.688. The Labute approximate surface area is 83.9 Å². The van der Waals surface area contributed by atoms with Crippen LogP contribution in [0.3, 0.4) is 0 Å². The molecule has 0 aliphatic rings. The largest absolute Gasteiger partial charge is 0.319 e. The zero-order valence-corrected chi connectivity index (χ0v) is 9.48. The summed E-state index contributed by atoms with van der Waals surface area (Å²) in [4.78, 5) is 0. The van der Waals surface area contributed by atoms with Crippen LogP contribution >= 0.6 is 11.8 Å². The van der Waals surface area contributed by atoms with Crippen LogP contribution in [-0.2, 0) is 7.05 Å². The highest BCUT2D eigenvalue weighted by molar-refractivity contribution is 7.99. The fourth-order valence-corrected chi connectivity index (χ4v) is 2.33. The molecule has 0 bridgehead atoms. The fourth-order valence-electron chi connectivity index (χ4n) is 1.23. The number of hydrogen-bond donors (Lipinski definition) is 1. The molecule has 0 saturated heterocycles. The van der Waals surface area contributed by atoms with Gasteiger partial charge >= 0.3 is 0 Å². The fraction of sp³-hybridized carbons (Fsp3) is 0.667. The molecule has 0 spiro atoms. The van der Waals surface area contributed by atoms with Crippen molar-refractivity contribution in [1.29, 1.82) is 0 Å². The van der Waals surface area contributed by atoms with Crippen LogP contribution < -0.4 is 5.32 Å². The van der Waals surface area contributed by atoms with E-state index in [0.717, 1.165) is 12.2 Å². The quantitative estimate of drug-likeness (QED) is 0.744. The summed E-state index contributed by atoms with van der Waals surface area (Å²) in [7, 11) is 3.97. The Morgan fingerprint density at radius 3 is 2.85 bits per heavy atom. The first-order valence-corrected chi connectivity index (χ1v) is 5.33. The molecule has 0 aromatic carbocycles. The van der Waals surface area contributed by atoms with Gasteiger partial charge in [-0.3, -0.25) is 4.68 Å². The highest BCUT2D eigenvalue weighted by Gasteiger charge is 2.07. The molecule has 0 saturated carbocycles. The van der Waals surface area contributed by atoms with Crippen molar-refractivity contribution in [2.24, 2.45) is 7.05 Å². The topological polar surface area (TPSA) is 29.9 Å². The van der Waals surface area contributed by atoms with Crippen molar-refractivity contribution < 1.29 is 0 Å². The van der Waals surface area contributed by atoms with Gasteiger partial charge in [0, 0.05) is 18.8 Å². The van der Waals surface area contributed by atoms with Gasteiger partial charge in [-0.25, -0.2) is 0 Å². The van der Waals surface area contributed by atoms with Gasteiger partial charge in [-0.1, -0.05) is 6.92 Å². The van der Waals surface area contributed by atoms with Crippen LogP contribution in [0.1, 0.15) is 12.6 Å². The first-order valence-electron chi connectivity index (χ1n) is 4.45. The summed E-state index contributed by atoms with van der Waals surface area (Å²) >= 11 is 1.85. The molecule has 0 fully saturated rings. The number of thioether (sulfide) groups is 1. The van der Waals surface area contributed by atoms with Gasteiger partial charge < -0.3 is 5.32 Å².